The van der Waals surface area contributed by atoms with Gasteiger partial charge in [-0.05, 0) is 19.1 Å². The predicted molar refractivity (Wildman–Crippen MR) is 60.0 cm³/mol. The first-order valence-electron chi connectivity index (χ1n) is 5.25. The average Bonchev–Trinajstić information content (AvgIpc) is 2.74. The summed E-state index contributed by atoms with van der Waals surface area (Å²) in [4.78, 5) is 14.7. The van der Waals surface area contributed by atoms with Crippen LogP contribution in [0.4, 0.5) is 4.39 Å². The minimum atomic E-state index is -1.29. The molecule has 94 valence electrons. The molecule has 0 amide bonds. The van der Waals surface area contributed by atoms with E-state index in [4.69, 9.17) is 14.3 Å². The van der Waals surface area contributed by atoms with E-state index in [0.29, 0.717) is 0 Å². The average molecular weight is 251 g/mol. The number of carbonyl (C=O) groups is 1. The summed E-state index contributed by atoms with van der Waals surface area (Å²) in [5.41, 5.74) is -0.277. The minimum absolute atomic E-state index is 0.0888. The summed E-state index contributed by atoms with van der Waals surface area (Å²) >= 11 is 0. The number of nitrogens with zero attached hydrogens (tertiary/aromatic N) is 1. The molecule has 5 nitrogen and oxygen atoms in total. The molecule has 0 fully saturated rings. The van der Waals surface area contributed by atoms with Crippen molar-refractivity contribution < 1.29 is 23.4 Å². The highest BCUT2D eigenvalue weighted by atomic mass is 19.1. The zero-order valence-corrected chi connectivity index (χ0v) is 9.51. The van der Waals surface area contributed by atoms with Crippen molar-refractivity contribution in [1.82, 2.24) is 4.98 Å². The van der Waals surface area contributed by atoms with E-state index in [1.165, 1.54) is 18.2 Å². The van der Waals surface area contributed by atoms with Crippen molar-refractivity contribution in [3.63, 3.8) is 0 Å². The predicted octanol–water partition coefficient (Wildman–Crippen LogP) is 2.58. The first-order valence-corrected chi connectivity index (χ1v) is 5.25. The van der Waals surface area contributed by atoms with Gasteiger partial charge in [0.25, 0.3) is 0 Å². The zero-order chi connectivity index (χ0) is 13.1. The molecule has 1 aromatic carbocycles. The number of aromatic carboxylic acids is 1. The van der Waals surface area contributed by atoms with Crippen molar-refractivity contribution in [2.75, 3.05) is 6.61 Å². The molecule has 0 aliphatic carbocycles. The van der Waals surface area contributed by atoms with Gasteiger partial charge in [-0.15, -0.1) is 0 Å². The fourth-order valence-electron chi connectivity index (χ4n) is 1.42. The van der Waals surface area contributed by atoms with E-state index in [0.717, 1.165) is 0 Å². The Balaban J connectivity index is 2.50. The normalized spacial score (nSPS) is 10.3. The van der Waals surface area contributed by atoms with E-state index in [1.54, 1.807) is 13.0 Å². The summed E-state index contributed by atoms with van der Waals surface area (Å²) in [6.45, 7) is 1.91. The molecule has 1 aromatic heterocycles. The van der Waals surface area contributed by atoms with E-state index < -0.39 is 11.8 Å². The second-order valence-electron chi connectivity index (χ2n) is 3.37. The third-order valence-electron chi connectivity index (χ3n) is 2.18. The van der Waals surface area contributed by atoms with Crippen molar-refractivity contribution in [3.05, 3.63) is 35.8 Å². The lowest BCUT2D eigenvalue weighted by Gasteiger charge is -1.97. The summed E-state index contributed by atoms with van der Waals surface area (Å²) in [5.74, 6) is -2.17. The second-order valence-corrected chi connectivity index (χ2v) is 3.37. The van der Waals surface area contributed by atoms with E-state index in [2.05, 4.69) is 4.98 Å². The van der Waals surface area contributed by atoms with Gasteiger partial charge in [-0.1, -0.05) is 12.1 Å². The molecule has 18 heavy (non-hydrogen) atoms. The Hall–Kier alpha value is -2.37. The number of carboxylic acid groups (broad SMARTS) is 1. The number of aromatic nitrogens is 1. The lowest BCUT2D eigenvalue weighted by Crippen LogP contribution is -2.01. The largest absolute Gasteiger partial charge is 0.476 e. The third kappa shape index (κ3) is 2.17. The molecule has 1 N–H and O–H groups in total. The third-order valence-corrected chi connectivity index (χ3v) is 2.18. The number of rotatable bonds is 4. The molecule has 0 aliphatic heterocycles. The molecule has 0 radical (unpaired) electrons. The van der Waals surface area contributed by atoms with Gasteiger partial charge in [0, 0.05) is 0 Å². The van der Waals surface area contributed by atoms with Gasteiger partial charge in [-0.25, -0.2) is 9.18 Å². The molecule has 0 aliphatic rings. The lowest BCUT2D eigenvalue weighted by atomic mass is 10.2. The maximum Gasteiger partial charge on any atom is 0.362 e. The molecule has 6 heteroatoms. The van der Waals surface area contributed by atoms with Crippen molar-refractivity contribution in [1.29, 1.82) is 0 Å². The van der Waals surface area contributed by atoms with Gasteiger partial charge in [-0.2, -0.15) is 4.98 Å². The minimum Gasteiger partial charge on any atom is -0.476 e. The highest BCUT2D eigenvalue weighted by molar-refractivity contribution is 5.88. The first-order chi connectivity index (χ1) is 8.63. The van der Waals surface area contributed by atoms with Gasteiger partial charge in [-0.3, -0.25) is 0 Å². The molecule has 0 spiro atoms. The van der Waals surface area contributed by atoms with Crippen LogP contribution >= 0.6 is 0 Å². The van der Waals surface area contributed by atoms with Crippen LogP contribution < -0.4 is 4.74 Å². The van der Waals surface area contributed by atoms with Crippen molar-refractivity contribution in [2.45, 2.75) is 6.92 Å². The van der Waals surface area contributed by atoms with Crippen LogP contribution in [-0.4, -0.2) is 22.7 Å². The molecular weight excluding hydrogens is 241 g/mol. The molecule has 0 saturated heterocycles. The van der Waals surface area contributed by atoms with Gasteiger partial charge in [0.15, 0.2) is 0 Å². The van der Waals surface area contributed by atoms with Crippen LogP contribution in [0.1, 0.15) is 17.4 Å². The number of hydrogen-bond donors (Lipinski definition) is 1. The maximum absolute atomic E-state index is 13.5. The number of ether oxygens (including phenoxy) is 1. The van der Waals surface area contributed by atoms with E-state index in [-0.39, 0.29) is 29.7 Å². The van der Waals surface area contributed by atoms with Crippen LogP contribution in [0.25, 0.3) is 11.5 Å². The van der Waals surface area contributed by atoms with Gasteiger partial charge < -0.3 is 14.3 Å². The van der Waals surface area contributed by atoms with Crippen LogP contribution in [0.5, 0.6) is 5.95 Å². The summed E-state index contributed by atoms with van der Waals surface area (Å²) in [5, 5.41) is 8.93. The highest BCUT2D eigenvalue weighted by Gasteiger charge is 2.22. The number of benzene rings is 1. The summed E-state index contributed by atoms with van der Waals surface area (Å²) < 4.78 is 23.7. The molecule has 0 saturated carbocycles. The van der Waals surface area contributed by atoms with E-state index in [9.17, 15) is 9.18 Å². The van der Waals surface area contributed by atoms with Crippen molar-refractivity contribution >= 4 is 5.97 Å². The van der Waals surface area contributed by atoms with Crippen molar-refractivity contribution in [3.8, 4) is 17.4 Å². The van der Waals surface area contributed by atoms with E-state index in [1.807, 2.05) is 0 Å². The summed E-state index contributed by atoms with van der Waals surface area (Å²) in [6, 6.07) is 5.80. The standard InChI is InChI=1S/C12H10FNO4/c1-2-17-12-9(11(15)16)14-10(18-12)7-5-3-4-6-8(7)13/h3-6H,2H2,1H3,(H,15,16). The first kappa shape index (κ1) is 12.1. The number of halogens is 1. The molecule has 1 heterocycles. The SMILES string of the molecule is CCOc1oc(-c2ccccc2F)nc1C(=O)O. The number of hydrogen-bond acceptors (Lipinski definition) is 4. The van der Waals surface area contributed by atoms with Gasteiger partial charge in [0.1, 0.15) is 5.82 Å². The van der Waals surface area contributed by atoms with Crippen LogP contribution in [0, 0.1) is 5.82 Å². The monoisotopic (exact) mass is 251 g/mol. The van der Waals surface area contributed by atoms with Crippen LogP contribution in [0.2, 0.25) is 0 Å². The molecule has 0 unspecified atom stereocenters. The fourth-order valence-corrected chi connectivity index (χ4v) is 1.42. The Morgan fingerprint density at radius 1 is 1.50 bits per heavy atom. The molecule has 2 rings (SSSR count). The Bertz CT molecular complexity index is 579. The molecule has 0 atom stereocenters. The Morgan fingerprint density at radius 3 is 2.83 bits per heavy atom. The number of carboxylic acids is 1. The van der Waals surface area contributed by atoms with Gasteiger partial charge in [0.05, 0.1) is 12.2 Å². The Labute approximate surface area is 102 Å². The van der Waals surface area contributed by atoms with E-state index >= 15 is 0 Å². The number of oxazole rings is 1. The Kier molecular flexibility index (Phi) is 3.27. The lowest BCUT2D eigenvalue weighted by molar-refractivity contribution is 0.0683. The summed E-state index contributed by atoms with van der Waals surface area (Å²) in [6.07, 6.45) is 0. The van der Waals surface area contributed by atoms with Gasteiger partial charge >= 0.3 is 11.9 Å². The molecule has 0 bridgehead atoms. The molecular formula is C12H10FNO4. The fraction of sp³-hybridized carbons (Fsp3) is 0.167. The topological polar surface area (TPSA) is 72.6 Å². The van der Waals surface area contributed by atoms with Gasteiger partial charge in [0.2, 0.25) is 11.6 Å². The van der Waals surface area contributed by atoms with Crippen LogP contribution in [0.3, 0.4) is 0 Å². The maximum atomic E-state index is 13.5. The van der Waals surface area contributed by atoms with Crippen LogP contribution in [-0.2, 0) is 0 Å². The van der Waals surface area contributed by atoms with Crippen molar-refractivity contribution in [2.24, 2.45) is 0 Å². The summed E-state index contributed by atoms with van der Waals surface area (Å²) in [7, 11) is 0. The second kappa shape index (κ2) is 4.87. The zero-order valence-electron chi connectivity index (χ0n) is 9.51. The Morgan fingerprint density at radius 2 is 2.22 bits per heavy atom. The quantitative estimate of drug-likeness (QED) is 0.904. The highest BCUT2D eigenvalue weighted by Crippen LogP contribution is 2.28. The molecule has 2 aromatic rings. The smallest absolute Gasteiger partial charge is 0.362 e. The van der Waals surface area contributed by atoms with Crippen LogP contribution in [0.15, 0.2) is 28.7 Å².